The lowest BCUT2D eigenvalue weighted by Gasteiger charge is -2.22. The highest BCUT2D eigenvalue weighted by Crippen LogP contribution is 2.29. The molecule has 1 aromatic heterocycles. The summed E-state index contributed by atoms with van der Waals surface area (Å²) in [6.45, 7) is 1.96. The topological polar surface area (TPSA) is 77.2 Å². The quantitative estimate of drug-likeness (QED) is 0.254. The van der Waals surface area contributed by atoms with E-state index < -0.39 is 6.04 Å². The Morgan fingerprint density at radius 1 is 0.941 bits per heavy atom. The molecule has 1 unspecified atom stereocenters. The molecule has 3 aromatic carbocycles. The lowest BCUT2D eigenvalue weighted by Crippen LogP contribution is -2.34. The molecular weight excluding hydrogens is 422 g/mol. The van der Waals surface area contributed by atoms with E-state index in [4.69, 9.17) is 0 Å². The zero-order chi connectivity index (χ0) is 23.9. The van der Waals surface area contributed by atoms with Gasteiger partial charge in [-0.25, -0.2) is 0 Å². The van der Waals surface area contributed by atoms with Gasteiger partial charge in [0.1, 0.15) is 5.82 Å². The molecule has 0 fully saturated rings. The first-order valence-electron chi connectivity index (χ1n) is 12.0. The number of benzene rings is 3. The molecule has 4 rings (SSSR count). The Morgan fingerprint density at radius 3 is 2.32 bits per heavy atom. The van der Waals surface area contributed by atoms with Crippen LogP contribution in [0.2, 0.25) is 0 Å². The van der Waals surface area contributed by atoms with Crippen molar-refractivity contribution in [2.24, 2.45) is 0 Å². The second-order valence-electron chi connectivity index (χ2n) is 8.69. The molecule has 2 atom stereocenters. The molecule has 176 valence electrons. The highest BCUT2D eigenvalue weighted by atomic mass is 16.3. The number of hydrogen-bond acceptors (Lipinski definition) is 3. The molecule has 0 saturated heterocycles. The van der Waals surface area contributed by atoms with E-state index in [-0.39, 0.29) is 18.4 Å². The molecule has 0 saturated carbocycles. The Bertz CT molecular complexity index is 1220. The number of nitrogens with one attached hydrogen (secondary N) is 3. The maximum absolute atomic E-state index is 13.2. The number of H-pyrrole nitrogens is 1. The van der Waals surface area contributed by atoms with E-state index in [2.05, 4.69) is 65.0 Å². The van der Waals surface area contributed by atoms with Gasteiger partial charge in [-0.3, -0.25) is 4.79 Å². The summed E-state index contributed by atoms with van der Waals surface area (Å²) in [5.74, 6) is 0.730. The number of aliphatic hydroxyl groups excluding tert-OH is 1. The molecule has 0 aliphatic heterocycles. The molecule has 5 nitrogen and oxygen atoms in total. The van der Waals surface area contributed by atoms with Gasteiger partial charge in [0.05, 0.1) is 18.6 Å². The third-order valence-electron chi connectivity index (χ3n) is 6.42. The fourth-order valence-electron chi connectivity index (χ4n) is 4.60. The number of fused-ring (bicyclic) bond motifs is 1. The summed E-state index contributed by atoms with van der Waals surface area (Å²) in [4.78, 5) is 16.7. The van der Waals surface area contributed by atoms with Gasteiger partial charge < -0.3 is 20.7 Å². The number of aromatic amines is 1. The third-order valence-corrected chi connectivity index (χ3v) is 6.42. The minimum Gasteiger partial charge on any atom is -0.394 e. The first-order chi connectivity index (χ1) is 16.6. The van der Waals surface area contributed by atoms with Gasteiger partial charge in [0.15, 0.2) is 0 Å². The van der Waals surface area contributed by atoms with Gasteiger partial charge in [0.25, 0.3) is 0 Å². The summed E-state index contributed by atoms with van der Waals surface area (Å²) < 4.78 is 0. The van der Waals surface area contributed by atoms with Crippen molar-refractivity contribution in [1.29, 1.82) is 0 Å². The Labute approximate surface area is 201 Å². The van der Waals surface area contributed by atoms with Crippen LogP contribution in [0.15, 0.2) is 78.9 Å². The van der Waals surface area contributed by atoms with Crippen molar-refractivity contribution >= 4 is 22.6 Å². The fourth-order valence-corrected chi connectivity index (χ4v) is 4.60. The average Bonchev–Trinajstić information content (AvgIpc) is 3.24. The van der Waals surface area contributed by atoms with Crippen molar-refractivity contribution in [2.75, 3.05) is 19.0 Å². The Hall–Kier alpha value is -3.57. The van der Waals surface area contributed by atoms with Gasteiger partial charge in [0.2, 0.25) is 5.91 Å². The Balaban J connectivity index is 1.52. The van der Waals surface area contributed by atoms with Crippen molar-refractivity contribution in [1.82, 2.24) is 10.3 Å². The number of carbonyl (C=O) groups is 1. The molecule has 0 radical (unpaired) electrons. The maximum Gasteiger partial charge on any atom is 0.228 e. The Kier molecular flexibility index (Phi) is 7.65. The number of amides is 1. The molecule has 0 spiro atoms. The lowest BCUT2D eigenvalue weighted by molar-refractivity contribution is -0.123. The predicted molar refractivity (Wildman–Crippen MR) is 139 cm³/mol. The molecule has 5 heteroatoms. The fraction of sp³-hybridized carbons (Fsp3) is 0.276. The number of rotatable bonds is 10. The zero-order valence-electron chi connectivity index (χ0n) is 19.8. The van der Waals surface area contributed by atoms with Crippen LogP contribution < -0.4 is 10.6 Å². The summed E-state index contributed by atoms with van der Waals surface area (Å²) in [6.07, 6.45) is 2.45. The van der Waals surface area contributed by atoms with Gasteiger partial charge >= 0.3 is 0 Å². The number of para-hydroxylation sites is 1. The largest absolute Gasteiger partial charge is 0.394 e. The van der Waals surface area contributed by atoms with E-state index in [1.807, 2.05) is 43.4 Å². The van der Waals surface area contributed by atoms with Crippen molar-refractivity contribution in [2.45, 2.75) is 38.1 Å². The number of hydrogen-bond donors (Lipinski definition) is 4. The molecule has 1 heterocycles. The van der Waals surface area contributed by atoms with Gasteiger partial charge in [-0.15, -0.1) is 0 Å². The van der Waals surface area contributed by atoms with Gasteiger partial charge in [-0.2, -0.15) is 0 Å². The van der Waals surface area contributed by atoms with Crippen LogP contribution in [-0.4, -0.2) is 29.7 Å². The van der Waals surface area contributed by atoms with Crippen LogP contribution in [0.3, 0.4) is 0 Å². The minimum atomic E-state index is -0.408. The van der Waals surface area contributed by atoms with Gasteiger partial charge in [-0.05, 0) is 29.2 Å². The third kappa shape index (κ3) is 5.15. The normalized spacial score (nSPS) is 12.9. The minimum absolute atomic E-state index is 0.0494. The summed E-state index contributed by atoms with van der Waals surface area (Å²) >= 11 is 0. The molecule has 34 heavy (non-hydrogen) atoms. The molecular formula is C29H33N3O2. The standard InChI is InChI=1S/C29H33N3O2/c1-3-9-23(29(34)32-27(19-33)22-10-5-4-6-11-22)21-16-14-20(15-17-21)18-25-24-12-7-8-13-26(24)31-28(25)30-2/h4-8,10-17,23,27,30-31,33H,3,9,18-19H2,1-2H3,(H,32,34)/t23?,27-/m0/s1. The smallest absolute Gasteiger partial charge is 0.228 e. The molecule has 0 bridgehead atoms. The van der Waals surface area contributed by atoms with Crippen LogP contribution in [0.4, 0.5) is 5.82 Å². The van der Waals surface area contributed by atoms with Crippen molar-refractivity contribution in [3.63, 3.8) is 0 Å². The molecule has 0 aliphatic carbocycles. The van der Waals surface area contributed by atoms with Gasteiger partial charge in [-0.1, -0.05) is 86.1 Å². The van der Waals surface area contributed by atoms with Crippen LogP contribution in [0.25, 0.3) is 10.9 Å². The highest BCUT2D eigenvalue weighted by molar-refractivity contribution is 5.89. The van der Waals surface area contributed by atoms with Crippen molar-refractivity contribution < 1.29 is 9.90 Å². The number of anilines is 1. The summed E-state index contributed by atoms with van der Waals surface area (Å²) in [5, 5.41) is 17.4. The van der Waals surface area contributed by atoms with Gasteiger partial charge in [0, 0.05) is 29.9 Å². The average molecular weight is 456 g/mol. The Morgan fingerprint density at radius 2 is 1.65 bits per heavy atom. The first kappa shape index (κ1) is 23.6. The van der Waals surface area contributed by atoms with Crippen LogP contribution in [-0.2, 0) is 11.2 Å². The summed E-state index contributed by atoms with van der Waals surface area (Å²) in [6, 6.07) is 25.9. The maximum atomic E-state index is 13.2. The predicted octanol–water partition coefficient (Wildman–Crippen LogP) is 5.53. The lowest BCUT2D eigenvalue weighted by atomic mass is 9.91. The first-order valence-corrected chi connectivity index (χ1v) is 12.0. The molecule has 1 amide bonds. The van der Waals surface area contributed by atoms with E-state index in [0.717, 1.165) is 41.7 Å². The monoisotopic (exact) mass is 455 g/mol. The molecule has 4 N–H and O–H groups in total. The second kappa shape index (κ2) is 11.0. The van der Waals surface area contributed by atoms with E-state index in [1.54, 1.807) is 0 Å². The zero-order valence-corrected chi connectivity index (χ0v) is 19.8. The van der Waals surface area contributed by atoms with E-state index >= 15 is 0 Å². The summed E-state index contributed by atoms with van der Waals surface area (Å²) in [7, 11) is 1.93. The number of aliphatic hydroxyl groups is 1. The van der Waals surface area contributed by atoms with E-state index in [1.165, 1.54) is 16.5 Å². The van der Waals surface area contributed by atoms with E-state index in [9.17, 15) is 9.90 Å². The van der Waals surface area contributed by atoms with Crippen LogP contribution in [0, 0.1) is 0 Å². The van der Waals surface area contributed by atoms with Crippen molar-refractivity contribution in [3.05, 3.63) is 101 Å². The molecule has 0 aliphatic rings. The highest BCUT2D eigenvalue weighted by Gasteiger charge is 2.23. The second-order valence-corrected chi connectivity index (χ2v) is 8.69. The summed E-state index contributed by atoms with van der Waals surface area (Å²) in [5.41, 5.74) is 5.46. The van der Waals surface area contributed by atoms with Crippen LogP contribution in [0.5, 0.6) is 0 Å². The number of carbonyl (C=O) groups excluding carboxylic acids is 1. The van der Waals surface area contributed by atoms with Crippen LogP contribution >= 0.6 is 0 Å². The number of aromatic nitrogens is 1. The van der Waals surface area contributed by atoms with E-state index in [0.29, 0.717) is 0 Å². The van der Waals surface area contributed by atoms with Crippen LogP contribution in [0.1, 0.15) is 54.0 Å². The molecule has 4 aromatic rings. The van der Waals surface area contributed by atoms with Crippen molar-refractivity contribution in [3.8, 4) is 0 Å². The SMILES string of the molecule is CCCC(C(=O)N[C@@H](CO)c1ccccc1)c1ccc(Cc2c(NC)[nH]c3ccccc23)cc1.